The van der Waals surface area contributed by atoms with Crippen LogP contribution in [0.2, 0.25) is 0 Å². The first-order valence-electron chi connectivity index (χ1n) is 6.45. The molecule has 0 fully saturated rings. The molecule has 1 aromatic heterocycles. The monoisotopic (exact) mass is 412 g/mol. The molecule has 0 aliphatic carbocycles. The van der Waals surface area contributed by atoms with Crippen LogP contribution in [-0.2, 0) is 13.0 Å². The summed E-state index contributed by atoms with van der Waals surface area (Å²) in [5.41, 5.74) is 0.975. The molecule has 5 nitrogen and oxygen atoms in total. The molecule has 0 atom stereocenters. The van der Waals surface area contributed by atoms with E-state index < -0.39 is 0 Å². The first kappa shape index (κ1) is 19.6. The maximum absolute atomic E-state index is 5.22. The van der Waals surface area contributed by atoms with Gasteiger partial charge < -0.3 is 15.2 Å². The van der Waals surface area contributed by atoms with Crippen LogP contribution in [0.1, 0.15) is 32.2 Å². The second kappa shape index (κ2) is 9.49. The van der Waals surface area contributed by atoms with Crippen LogP contribution >= 0.6 is 35.7 Å². The van der Waals surface area contributed by atoms with Gasteiger partial charge in [-0.05, 0) is 26.5 Å². The van der Waals surface area contributed by atoms with Crippen molar-refractivity contribution < 1.29 is 4.52 Å². The molecule has 0 spiro atoms. The molecule has 7 heteroatoms. The van der Waals surface area contributed by atoms with E-state index in [1.807, 2.05) is 17.8 Å². The summed E-state index contributed by atoms with van der Waals surface area (Å²) in [6.45, 7) is 7.89. The lowest BCUT2D eigenvalue weighted by atomic mass is 10.2. The van der Waals surface area contributed by atoms with Crippen molar-refractivity contribution in [2.24, 2.45) is 4.99 Å². The fraction of sp³-hybridized carbons (Fsp3) is 0.692. The summed E-state index contributed by atoms with van der Waals surface area (Å²) in [6.07, 6.45) is 3.00. The van der Waals surface area contributed by atoms with Crippen molar-refractivity contribution >= 4 is 41.7 Å². The Labute approximate surface area is 142 Å². The summed E-state index contributed by atoms with van der Waals surface area (Å²) in [4.78, 5) is 4.19. The van der Waals surface area contributed by atoms with Gasteiger partial charge >= 0.3 is 0 Å². The molecule has 0 aromatic carbocycles. The SMILES string of the molecule is CCc1cc(CNC(=NC)NCC(C)(C)SC)on1.I. The van der Waals surface area contributed by atoms with E-state index in [1.165, 1.54) is 0 Å². The normalized spacial score (nSPS) is 11.9. The van der Waals surface area contributed by atoms with Gasteiger partial charge in [-0.3, -0.25) is 4.99 Å². The first-order valence-corrected chi connectivity index (χ1v) is 7.67. The Kier molecular flexibility index (Phi) is 9.28. The Hall–Kier alpha value is -0.440. The van der Waals surface area contributed by atoms with Crippen LogP contribution in [-0.4, -0.2) is 35.7 Å². The second-order valence-electron chi connectivity index (χ2n) is 4.88. The minimum atomic E-state index is 0. The average molecular weight is 412 g/mol. The molecule has 0 saturated carbocycles. The van der Waals surface area contributed by atoms with Crippen molar-refractivity contribution in [3.8, 4) is 0 Å². The minimum Gasteiger partial charge on any atom is -0.359 e. The van der Waals surface area contributed by atoms with Gasteiger partial charge in [-0.2, -0.15) is 11.8 Å². The number of halogens is 1. The number of hydrogen-bond acceptors (Lipinski definition) is 4. The number of aromatic nitrogens is 1. The summed E-state index contributed by atoms with van der Waals surface area (Å²) >= 11 is 1.83. The van der Waals surface area contributed by atoms with Crippen LogP contribution in [0, 0.1) is 0 Å². The van der Waals surface area contributed by atoms with E-state index in [-0.39, 0.29) is 28.7 Å². The van der Waals surface area contributed by atoms with Crippen molar-refractivity contribution in [2.75, 3.05) is 19.8 Å². The average Bonchev–Trinajstić information content (AvgIpc) is 2.87. The third-order valence-electron chi connectivity index (χ3n) is 2.86. The molecular weight excluding hydrogens is 387 g/mol. The zero-order valence-corrected chi connectivity index (χ0v) is 16.0. The molecule has 0 aliphatic heterocycles. The number of rotatable bonds is 6. The lowest BCUT2D eigenvalue weighted by Crippen LogP contribution is -2.42. The van der Waals surface area contributed by atoms with Gasteiger partial charge in [-0.15, -0.1) is 24.0 Å². The zero-order chi connectivity index (χ0) is 14.3. The molecule has 0 unspecified atom stereocenters. The quantitative estimate of drug-likeness (QED) is 0.428. The van der Waals surface area contributed by atoms with Gasteiger partial charge in [0.15, 0.2) is 11.7 Å². The van der Waals surface area contributed by atoms with Crippen LogP contribution in [0.4, 0.5) is 0 Å². The summed E-state index contributed by atoms with van der Waals surface area (Å²) in [6, 6.07) is 1.96. The molecule has 2 N–H and O–H groups in total. The lowest BCUT2D eigenvalue weighted by Gasteiger charge is -2.23. The standard InChI is InChI=1S/C13H24N4OS.HI/c1-6-10-7-11(18-17-10)8-15-12(14-4)16-9-13(2,3)19-5;/h7H,6,8-9H2,1-5H3,(H2,14,15,16);1H. The molecular formula is C13H25IN4OS. The third kappa shape index (κ3) is 6.83. The number of aryl methyl sites for hydroxylation is 1. The highest BCUT2D eigenvalue weighted by atomic mass is 127. The predicted octanol–water partition coefficient (Wildman–Crippen LogP) is 2.66. The van der Waals surface area contributed by atoms with Gasteiger partial charge in [0, 0.05) is 24.4 Å². The molecule has 0 amide bonds. The van der Waals surface area contributed by atoms with E-state index in [4.69, 9.17) is 4.52 Å². The Balaban J connectivity index is 0.00000361. The minimum absolute atomic E-state index is 0. The van der Waals surface area contributed by atoms with Crippen molar-refractivity contribution in [3.05, 3.63) is 17.5 Å². The Morgan fingerprint density at radius 2 is 2.15 bits per heavy atom. The molecule has 1 aromatic rings. The highest BCUT2D eigenvalue weighted by Gasteiger charge is 2.16. The van der Waals surface area contributed by atoms with Gasteiger partial charge in [0.25, 0.3) is 0 Å². The third-order valence-corrected chi connectivity index (χ3v) is 4.11. The molecule has 1 heterocycles. The van der Waals surface area contributed by atoms with Crippen LogP contribution in [0.15, 0.2) is 15.6 Å². The van der Waals surface area contributed by atoms with Gasteiger partial charge in [0.1, 0.15) is 0 Å². The fourth-order valence-electron chi connectivity index (χ4n) is 1.37. The highest BCUT2D eigenvalue weighted by Crippen LogP contribution is 2.19. The molecule has 0 bridgehead atoms. The molecule has 0 radical (unpaired) electrons. The molecule has 0 aliphatic rings. The molecule has 1 rings (SSSR count). The highest BCUT2D eigenvalue weighted by molar-refractivity contribution is 14.0. The number of aliphatic imine (C=N–C) groups is 1. The van der Waals surface area contributed by atoms with Crippen LogP contribution in [0.3, 0.4) is 0 Å². The van der Waals surface area contributed by atoms with Crippen molar-refractivity contribution in [1.29, 1.82) is 0 Å². The second-order valence-corrected chi connectivity index (χ2v) is 6.39. The van der Waals surface area contributed by atoms with Crippen LogP contribution in [0.25, 0.3) is 0 Å². The largest absolute Gasteiger partial charge is 0.359 e. The van der Waals surface area contributed by atoms with Gasteiger partial charge in [0.05, 0.1) is 12.2 Å². The number of hydrogen-bond donors (Lipinski definition) is 2. The summed E-state index contributed by atoms with van der Waals surface area (Å²) in [7, 11) is 1.76. The van der Waals surface area contributed by atoms with Gasteiger partial charge in [0.2, 0.25) is 0 Å². The number of thioether (sulfide) groups is 1. The molecule has 0 saturated heterocycles. The van der Waals surface area contributed by atoms with Crippen LogP contribution < -0.4 is 10.6 Å². The topological polar surface area (TPSA) is 62.5 Å². The number of guanidine groups is 1. The van der Waals surface area contributed by atoms with E-state index in [9.17, 15) is 0 Å². The Morgan fingerprint density at radius 1 is 1.45 bits per heavy atom. The Morgan fingerprint density at radius 3 is 2.65 bits per heavy atom. The van der Waals surface area contributed by atoms with E-state index in [0.29, 0.717) is 6.54 Å². The summed E-state index contributed by atoms with van der Waals surface area (Å²) in [5, 5.41) is 10.5. The van der Waals surface area contributed by atoms with Gasteiger partial charge in [-0.1, -0.05) is 12.1 Å². The Bertz CT molecular complexity index is 420. The number of nitrogens with zero attached hydrogens (tertiary/aromatic N) is 2. The zero-order valence-electron chi connectivity index (χ0n) is 12.8. The van der Waals surface area contributed by atoms with E-state index in [1.54, 1.807) is 7.05 Å². The lowest BCUT2D eigenvalue weighted by molar-refractivity contribution is 0.374. The molecule has 20 heavy (non-hydrogen) atoms. The summed E-state index contributed by atoms with van der Waals surface area (Å²) < 4.78 is 5.40. The summed E-state index contributed by atoms with van der Waals surface area (Å²) in [5.74, 6) is 1.60. The van der Waals surface area contributed by atoms with Crippen LogP contribution in [0.5, 0.6) is 0 Å². The van der Waals surface area contributed by atoms with Crippen molar-refractivity contribution in [1.82, 2.24) is 15.8 Å². The fourth-order valence-corrected chi connectivity index (χ4v) is 1.58. The predicted molar refractivity (Wildman–Crippen MR) is 97.1 cm³/mol. The first-order chi connectivity index (χ1) is 9.00. The van der Waals surface area contributed by atoms with E-state index in [2.05, 4.69) is 47.8 Å². The maximum atomic E-state index is 5.22. The van der Waals surface area contributed by atoms with Crippen molar-refractivity contribution in [3.63, 3.8) is 0 Å². The molecule has 116 valence electrons. The van der Waals surface area contributed by atoms with Gasteiger partial charge in [-0.25, -0.2) is 0 Å². The van der Waals surface area contributed by atoms with Crippen molar-refractivity contribution in [2.45, 2.75) is 38.5 Å². The maximum Gasteiger partial charge on any atom is 0.191 e. The smallest absolute Gasteiger partial charge is 0.191 e. The van der Waals surface area contributed by atoms with E-state index >= 15 is 0 Å². The van der Waals surface area contributed by atoms with E-state index in [0.717, 1.165) is 30.4 Å². The number of nitrogens with one attached hydrogen (secondary N) is 2.